The summed E-state index contributed by atoms with van der Waals surface area (Å²) in [6.45, 7) is 2.02. The molecule has 1 atom stereocenters. The van der Waals surface area contributed by atoms with Gasteiger partial charge in [-0.15, -0.1) is 0 Å². The van der Waals surface area contributed by atoms with Gasteiger partial charge in [0.15, 0.2) is 0 Å². The highest BCUT2D eigenvalue weighted by molar-refractivity contribution is 9.10. The molecule has 0 bridgehead atoms. The summed E-state index contributed by atoms with van der Waals surface area (Å²) >= 11 is 5.26. The molecule has 1 aromatic carbocycles. The van der Waals surface area contributed by atoms with Crippen molar-refractivity contribution in [2.75, 3.05) is 0 Å². The summed E-state index contributed by atoms with van der Waals surface area (Å²) in [5.41, 5.74) is 7.06. The normalized spacial score (nSPS) is 12.4. The van der Waals surface area contributed by atoms with Crippen LogP contribution in [-0.2, 0) is 6.42 Å². The Kier molecular flexibility index (Phi) is 4.80. The first-order valence-corrected chi connectivity index (χ1v) is 7.39. The van der Waals surface area contributed by atoms with Crippen LogP contribution in [0.15, 0.2) is 57.0 Å². The van der Waals surface area contributed by atoms with Crippen molar-refractivity contribution in [1.82, 2.24) is 4.98 Å². The van der Waals surface area contributed by atoms with Gasteiger partial charge in [0.1, 0.15) is 5.03 Å². The van der Waals surface area contributed by atoms with E-state index >= 15 is 0 Å². The number of rotatable bonds is 4. The highest BCUT2D eigenvalue weighted by atomic mass is 79.9. The van der Waals surface area contributed by atoms with Crippen LogP contribution in [0.5, 0.6) is 0 Å². The zero-order valence-electron chi connectivity index (χ0n) is 10.1. The molecule has 0 amide bonds. The Hall–Kier alpha value is -0.840. The van der Waals surface area contributed by atoms with E-state index in [9.17, 15) is 0 Å². The molecule has 94 valence electrons. The molecule has 1 aromatic heterocycles. The number of aromatic nitrogens is 1. The second kappa shape index (κ2) is 6.36. The van der Waals surface area contributed by atoms with Crippen molar-refractivity contribution in [3.63, 3.8) is 0 Å². The van der Waals surface area contributed by atoms with Crippen molar-refractivity contribution in [2.45, 2.75) is 29.3 Å². The third kappa shape index (κ3) is 3.83. The van der Waals surface area contributed by atoms with Crippen LogP contribution in [0.25, 0.3) is 0 Å². The van der Waals surface area contributed by atoms with Crippen molar-refractivity contribution < 1.29 is 0 Å². The lowest BCUT2D eigenvalue weighted by molar-refractivity contribution is 0.737. The Labute approximate surface area is 120 Å². The topological polar surface area (TPSA) is 38.9 Å². The largest absolute Gasteiger partial charge is 0.328 e. The van der Waals surface area contributed by atoms with Crippen LogP contribution in [0.4, 0.5) is 0 Å². The molecule has 1 heterocycles. The van der Waals surface area contributed by atoms with E-state index in [2.05, 4.69) is 39.1 Å². The highest BCUT2D eigenvalue weighted by Gasteiger charge is 2.05. The van der Waals surface area contributed by atoms with Gasteiger partial charge in [0.25, 0.3) is 0 Å². The average molecular weight is 323 g/mol. The second-order valence-electron chi connectivity index (χ2n) is 4.22. The molecule has 0 aliphatic rings. The number of hydrogen-bond acceptors (Lipinski definition) is 3. The van der Waals surface area contributed by atoms with Crippen molar-refractivity contribution >= 4 is 27.7 Å². The SMILES string of the molecule is CC(N)Cc1ccc(Sc2ccccn2)c(Br)c1. The van der Waals surface area contributed by atoms with Crippen LogP contribution in [0.3, 0.4) is 0 Å². The first-order chi connectivity index (χ1) is 8.65. The molecule has 0 aliphatic carbocycles. The van der Waals surface area contributed by atoms with E-state index in [-0.39, 0.29) is 6.04 Å². The maximum Gasteiger partial charge on any atom is 0.101 e. The van der Waals surface area contributed by atoms with Crippen LogP contribution in [-0.4, -0.2) is 11.0 Å². The third-order valence-electron chi connectivity index (χ3n) is 2.41. The molecular weight excluding hydrogens is 308 g/mol. The van der Waals surface area contributed by atoms with Gasteiger partial charge in [-0.05, 0) is 59.1 Å². The lowest BCUT2D eigenvalue weighted by Gasteiger charge is -2.08. The van der Waals surface area contributed by atoms with Gasteiger partial charge in [-0.2, -0.15) is 0 Å². The van der Waals surface area contributed by atoms with Gasteiger partial charge >= 0.3 is 0 Å². The molecule has 0 saturated heterocycles. The lowest BCUT2D eigenvalue weighted by Crippen LogP contribution is -2.17. The number of hydrogen-bond donors (Lipinski definition) is 1. The molecule has 2 aromatic rings. The van der Waals surface area contributed by atoms with E-state index in [0.29, 0.717) is 0 Å². The van der Waals surface area contributed by atoms with Crippen molar-refractivity contribution in [3.8, 4) is 0 Å². The Balaban J connectivity index is 2.15. The minimum atomic E-state index is 0.186. The summed E-state index contributed by atoms with van der Waals surface area (Å²) in [5, 5.41) is 0.998. The van der Waals surface area contributed by atoms with Crippen LogP contribution in [0, 0.1) is 0 Å². The van der Waals surface area contributed by atoms with Crippen molar-refractivity contribution in [1.29, 1.82) is 0 Å². The smallest absolute Gasteiger partial charge is 0.101 e. The van der Waals surface area contributed by atoms with E-state index in [1.54, 1.807) is 18.0 Å². The molecule has 0 saturated carbocycles. The van der Waals surface area contributed by atoms with Crippen molar-refractivity contribution in [3.05, 3.63) is 52.6 Å². The fourth-order valence-electron chi connectivity index (χ4n) is 1.65. The summed E-state index contributed by atoms with van der Waals surface area (Å²) in [4.78, 5) is 5.48. The molecule has 18 heavy (non-hydrogen) atoms. The first kappa shape index (κ1) is 13.6. The quantitative estimate of drug-likeness (QED) is 0.928. The zero-order chi connectivity index (χ0) is 13.0. The van der Waals surface area contributed by atoms with E-state index in [1.807, 2.05) is 25.1 Å². The third-order valence-corrected chi connectivity index (χ3v) is 4.35. The standard InChI is InChI=1S/C14H15BrN2S/c1-10(16)8-11-5-6-13(12(15)9-11)18-14-4-2-3-7-17-14/h2-7,9-10H,8,16H2,1H3. The van der Waals surface area contributed by atoms with Gasteiger partial charge in [0.05, 0.1) is 0 Å². The number of halogens is 1. The monoisotopic (exact) mass is 322 g/mol. The Morgan fingerprint density at radius 1 is 1.33 bits per heavy atom. The second-order valence-corrected chi connectivity index (χ2v) is 6.13. The van der Waals surface area contributed by atoms with Crippen molar-refractivity contribution in [2.24, 2.45) is 5.73 Å². The summed E-state index contributed by atoms with van der Waals surface area (Å²) < 4.78 is 1.09. The van der Waals surface area contributed by atoms with Gasteiger partial charge in [-0.1, -0.05) is 23.9 Å². The number of nitrogens with zero attached hydrogens (tertiary/aromatic N) is 1. The molecule has 2 rings (SSSR count). The maximum atomic E-state index is 5.81. The van der Waals surface area contributed by atoms with Gasteiger partial charge in [0, 0.05) is 21.6 Å². The van der Waals surface area contributed by atoms with Gasteiger partial charge in [-0.3, -0.25) is 0 Å². The molecule has 2 N–H and O–H groups in total. The van der Waals surface area contributed by atoms with Gasteiger partial charge in [0.2, 0.25) is 0 Å². The summed E-state index contributed by atoms with van der Waals surface area (Å²) in [5.74, 6) is 0. The molecule has 1 unspecified atom stereocenters. The van der Waals surface area contributed by atoms with E-state index in [0.717, 1.165) is 15.9 Å². The Morgan fingerprint density at radius 3 is 2.78 bits per heavy atom. The summed E-state index contributed by atoms with van der Waals surface area (Å²) in [6.07, 6.45) is 2.70. The Bertz CT molecular complexity index is 514. The summed E-state index contributed by atoms with van der Waals surface area (Å²) in [7, 11) is 0. The predicted molar refractivity (Wildman–Crippen MR) is 79.9 cm³/mol. The van der Waals surface area contributed by atoms with E-state index in [4.69, 9.17) is 5.73 Å². The molecule has 0 fully saturated rings. The van der Waals surface area contributed by atoms with E-state index in [1.165, 1.54) is 10.5 Å². The fourth-order valence-corrected chi connectivity index (χ4v) is 3.09. The molecule has 4 heteroatoms. The molecule has 0 aliphatic heterocycles. The first-order valence-electron chi connectivity index (χ1n) is 5.78. The van der Waals surface area contributed by atoms with Gasteiger partial charge in [-0.25, -0.2) is 4.98 Å². The number of nitrogens with two attached hydrogens (primary N) is 1. The highest BCUT2D eigenvalue weighted by Crippen LogP contribution is 2.32. The van der Waals surface area contributed by atoms with Gasteiger partial charge < -0.3 is 5.73 Å². The maximum absolute atomic E-state index is 5.81. The minimum Gasteiger partial charge on any atom is -0.328 e. The fraction of sp³-hybridized carbons (Fsp3) is 0.214. The van der Waals surface area contributed by atoms with Crippen LogP contribution in [0.2, 0.25) is 0 Å². The average Bonchev–Trinajstić information content (AvgIpc) is 2.33. The molecule has 0 radical (unpaired) electrons. The van der Waals surface area contributed by atoms with E-state index < -0.39 is 0 Å². The number of pyridine rings is 1. The van der Waals surface area contributed by atoms with Crippen LogP contribution >= 0.6 is 27.7 Å². The van der Waals surface area contributed by atoms with Crippen LogP contribution in [0.1, 0.15) is 12.5 Å². The zero-order valence-corrected chi connectivity index (χ0v) is 12.5. The van der Waals surface area contributed by atoms with Crippen LogP contribution < -0.4 is 5.73 Å². The molecule has 0 spiro atoms. The minimum absolute atomic E-state index is 0.186. The molecule has 2 nitrogen and oxygen atoms in total. The number of benzene rings is 1. The Morgan fingerprint density at radius 2 is 2.17 bits per heavy atom. The lowest BCUT2D eigenvalue weighted by atomic mass is 10.1. The summed E-state index contributed by atoms with van der Waals surface area (Å²) in [6, 6.07) is 12.5. The predicted octanol–water partition coefficient (Wildman–Crippen LogP) is 3.89. The molecular formula is C14H15BrN2S.